The number of carbonyl (C=O) groups is 1. The fourth-order valence-electron chi connectivity index (χ4n) is 2.67. The molecule has 8 heteroatoms. The van der Waals surface area contributed by atoms with E-state index in [1.165, 1.54) is 4.90 Å². The van der Waals surface area contributed by atoms with Crippen molar-refractivity contribution in [1.29, 1.82) is 0 Å². The van der Waals surface area contributed by atoms with Gasteiger partial charge in [0.2, 0.25) is 5.89 Å². The van der Waals surface area contributed by atoms with E-state index in [0.29, 0.717) is 35.3 Å². The third-order valence-electron chi connectivity index (χ3n) is 3.89. The predicted octanol–water partition coefficient (Wildman–Crippen LogP) is 2.51. The van der Waals surface area contributed by atoms with Crippen LogP contribution >= 0.6 is 0 Å². The summed E-state index contributed by atoms with van der Waals surface area (Å²) < 4.78 is 5.22. The molecular weight excluding hydrogens is 332 g/mol. The van der Waals surface area contributed by atoms with Gasteiger partial charge in [-0.05, 0) is 11.5 Å². The molecule has 8 nitrogen and oxygen atoms in total. The van der Waals surface area contributed by atoms with Gasteiger partial charge in [0.25, 0.3) is 5.91 Å². The van der Waals surface area contributed by atoms with Crippen LogP contribution in [0.5, 0.6) is 0 Å². The van der Waals surface area contributed by atoms with Gasteiger partial charge in [-0.2, -0.15) is 10.1 Å². The molecule has 0 bridgehead atoms. The van der Waals surface area contributed by atoms with E-state index in [1.807, 2.05) is 30.3 Å². The minimum atomic E-state index is -0.247. The predicted molar refractivity (Wildman–Crippen MR) is 97.1 cm³/mol. The Kier molecular flexibility index (Phi) is 5.01. The third kappa shape index (κ3) is 3.74. The van der Waals surface area contributed by atoms with Crippen LogP contribution in [0.1, 0.15) is 36.1 Å². The molecule has 1 aromatic carbocycles. The number of nitrogen functional groups attached to an aromatic ring is 1. The molecule has 2 heterocycles. The smallest absolute Gasteiger partial charge is 0.272 e. The van der Waals surface area contributed by atoms with E-state index >= 15 is 0 Å². The van der Waals surface area contributed by atoms with E-state index in [0.717, 1.165) is 5.56 Å². The van der Waals surface area contributed by atoms with Gasteiger partial charge < -0.3 is 15.2 Å². The van der Waals surface area contributed by atoms with Crippen molar-refractivity contribution in [3.8, 4) is 11.1 Å². The molecule has 0 spiro atoms. The molecule has 1 amide bonds. The second-order valence-corrected chi connectivity index (χ2v) is 6.59. The lowest BCUT2D eigenvalue weighted by Crippen LogP contribution is -2.27. The fourth-order valence-corrected chi connectivity index (χ4v) is 2.67. The first-order valence-electron chi connectivity index (χ1n) is 8.42. The summed E-state index contributed by atoms with van der Waals surface area (Å²) in [6.45, 7) is 4.38. The van der Waals surface area contributed by atoms with Gasteiger partial charge in [-0.3, -0.25) is 9.89 Å². The van der Waals surface area contributed by atoms with Crippen LogP contribution in [-0.4, -0.2) is 38.2 Å². The Hall–Kier alpha value is -3.16. The number of hydrogen-bond acceptors (Lipinski definition) is 6. The first-order chi connectivity index (χ1) is 12.5. The average Bonchev–Trinajstić information content (AvgIpc) is 3.20. The number of anilines is 1. The molecular formula is C18H22N6O2. The second kappa shape index (κ2) is 7.38. The summed E-state index contributed by atoms with van der Waals surface area (Å²) >= 11 is 0. The molecule has 0 saturated carbocycles. The van der Waals surface area contributed by atoms with Gasteiger partial charge in [0.05, 0.1) is 12.1 Å². The molecule has 2 aromatic heterocycles. The van der Waals surface area contributed by atoms with Gasteiger partial charge >= 0.3 is 0 Å². The average molecular weight is 354 g/mol. The van der Waals surface area contributed by atoms with Crippen LogP contribution in [0.25, 0.3) is 11.1 Å². The van der Waals surface area contributed by atoms with Crippen molar-refractivity contribution < 1.29 is 9.32 Å². The minimum absolute atomic E-state index is 0.230. The zero-order chi connectivity index (χ0) is 18.7. The van der Waals surface area contributed by atoms with Gasteiger partial charge in [-0.1, -0.05) is 49.3 Å². The number of nitrogens with zero attached hydrogens (tertiary/aromatic N) is 4. The highest BCUT2D eigenvalue weighted by Gasteiger charge is 2.23. The number of H-pyrrole nitrogens is 1. The fraction of sp³-hybridized carbons (Fsp3) is 0.333. The van der Waals surface area contributed by atoms with E-state index in [2.05, 4.69) is 34.2 Å². The molecule has 136 valence electrons. The molecule has 0 aliphatic carbocycles. The number of carbonyl (C=O) groups excluding carboxylic acids is 1. The van der Waals surface area contributed by atoms with E-state index in [4.69, 9.17) is 10.3 Å². The maximum Gasteiger partial charge on any atom is 0.272 e. The normalized spacial score (nSPS) is 11.1. The lowest BCUT2D eigenvalue weighted by atomic mass is 10.0. The van der Waals surface area contributed by atoms with Crippen molar-refractivity contribution in [2.75, 3.05) is 12.8 Å². The van der Waals surface area contributed by atoms with Crippen molar-refractivity contribution in [2.24, 2.45) is 5.92 Å². The zero-order valence-corrected chi connectivity index (χ0v) is 15.1. The van der Waals surface area contributed by atoms with Crippen LogP contribution in [0, 0.1) is 5.92 Å². The van der Waals surface area contributed by atoms with Gasteiger partial charge in [0, 0.05) is 13.5 Å². The van der Waals surface area contributed by atoms with Crippen LogP contribution in [-0.2, 0) is 13.0 Å². The van der Waals surface area contributed by atoms with Crippen molar-refractivity contribution in [2.45, 2.75) is 26.8 Å². The Labute approximate surface area is 151 Å². The second-order valence-electron chi connectivity index (χ2n) is 6.59. The molecule has 0 unspecified atom stereocenters. The number of hydrogen-bond donors (Lipinski definition) is 2. The maximum atomic E-state index is 12.9. The number of nitrogens with one attached hydrogen (secondary N) is 1. The topological polar surface area (TPSA) is 114 Å². The molecule has 3 aromatic rings. The Morgan fingerprint density at radius 2 is 2.04 bits per heavy atom. The summed E-state index contributed by atoms with van der Waals surface area (Å²) in [4.78, 5) is 18.7. The largest absolute Gasteiger partial charge is 0.382 e. The summed E-state index contributed by atoms with van der Waals surface area (Å²) in [7, 11) is 1.67. The first-order valence-corrected chi connectivity index (χ1v) is 8.42. The van der Waals surface area contributed by atoms with Crippen LogP contribution in [0.15, 0.2) is 34.9 Å². The summed E-state index contributed by atoms with van der Waals surface area (Å²) in [6.07, 6.45) is 0.708. The molecule has 0 fully saturated rings. The van der Waals surface area contributed by atoms with E-state index < -0.39 is 0 Å². The van der Waals surface area contributed by atoms with Gasteiger partial charge in [0.15, 0.2) is 11.6 Å². The monoisotopic (exact) mass is 354 g/mol. The number of amides is 1. The van der Waals surface area contributed by atoms with Crippen LogP contribution < -0.4 is 5.73 Å². The summed E-state index contributed by atoms with van der Waals surface area (Å²) in [5.41, 5.74) is 7.72. The number of benzene rings is 1. The summed E-state index contributed by atoms with van der Waals surface area (Å²) in [6, 6.07) is 9.44. The van der Waals surface area contributed by atoms with Crippen LogP contribution in [0.4, 0.5) is 5.82 Å². The molecule has 0 radical (unpaired) electrons. The highest BCUT2D eigenvalue weighted by molar-refractivity contribution is 6.01. The Bertz CT molecular complexity index is 884. The van der Waals surface area contributed by atoms with Gasteiger partial charge in [-0.15, -0.1) is 0 Å². The Balaban J connectivity index is 1.78. The summed E-state index contributed by atoms with van der Waals surface area (Å²) in [5.74, 6) is 1.50. The number of aromatic amines is 1. The molecule has 3 rings (SSSR count). The molecule has 3 N–H and O–H groups in total. The lowest BCUT2D eigenvalue weighted by Gasteiger charge is -2.15. The number of rotatable bonds is 6. The highest BCUT2D eigenvalue weighted by Crippen LogP contribution is 2.28. The molecule has 0 aliphatic rings. The van der Waals surface area contributed by atoms with Gasteiger partial charge in [0.1, 0.15) is 5.69 Å². The standard InChI is InChI=1S/C18H22N6O2/c1-11(2)9-14-20-13(23-26-14)10-24(3)18(25)16-15(17(19)22-21-16)12-7-5-4-6-8-12/h4-8,11H,9-10H2,1-3H3,(H3,19,21,22). The molecule has 0 saturated heterocycles. The van der Waals surface area contributed by atoms with Crippen molar-refractivity contribution in [3.63, 3.8) is 0 Å². The number of aromatic nitrogens is 4. The molecule has 26 heavy (non-hydrogen) atoms. The van der Waals surface area contributed by atoms with Crippen molar-refractivity contribution >= 4 is 11.7 Å². The lowest BCUT2D eigenvalue weighted by molar-refractivity contribution is 0.0775. The first kappa shape index (κ1) is 17.7. The Morgan fingerprint density at radius 3 is 2.73 bits per heavy atom. The van der Waals surface area contributed by atoms with E-state index in [1.54, 1.807) is 7.05 Å². The van der Waals surface area contributed by atoms with Crippen LogP contribution in [0.2, 0.25) is 0 Å². The van der Waals surface area contributed by atoms with Crippen molar-refractivity contribution in [1.82, 2.24) is 25.2 Å². The minimum Gasteiger partial charge on any atom is -0.382 e. The highest BCUT2D eigenvalue weighted by atomic mass is 16.5. The summed E-state index contributed by atoms with van der Waals surface area (Å²) in [5, 5.41) is 10.7. The maximum absolute atomic E-state index is 12.9. The molecule has 0 aliphatic heterocycles. The van der Waals surface area contributed by atoms with Crippen LogP contribution in [0.3, 0.4) is 0 Å². The van der Waals surface area contributed by atoms with E-state index in [9.17, 15) is 4.79 Å². The van der Waals surface area contributed by atoms with Crippen molar-refractivity contribution in [3.05, 3.63) is 47.7 Å². The quantitative estimate of drug-likeness (QED) is 0.703. The third-order valence-corrected chi connectivity index (χ3v) is 3.89. The number of nitrogens with two attached hydrogens (primary N) is 1. The molecule has 0 atom stereocenters. The Morgan fingerprint density at radius 1 is 1.31 bits per heavy atom. The SMILES string of the molecule is CC(C)Cc1nc(CN(C)C(=O)c2[nH]nc(N)c2-c2ccccc2)no1. The zero-order valence-electron chi connectivity index (χ0n) is 15.1. The van der Waals surface area contributed by atoms with Gasteiger partial charge in [-0.25, -0.2) is 0 Å². The van der Waals surface area contributed by atoms with E-state index in [-0.39, 0.29) is 18.3 Å².